The Labute approximate surface area is 186 Å². The van der Waals surface area contributed by atoms with Crippen LogP contribution in [0.25, 0.3) is 0 Å². The maximum absolute atomic E-state index is 12.5. The first kappa shape index (κ1) is 25.2. The van der Waals surface area contributed by atoms with E-state index in [9.17, 15) is 13.6 Å². The highest BCUT2D eigenvalue weighted by atomic mass is 127. The number of carbonyl (C=O) groups is 1. The number of rotatable bonds is 7. The third-order valence-corrected chi connectivity index (χ3v) is 4.60. The molecule has 1 N–H and O–H groups in total. The molecule has 1 aliphatic rings. The summed E-state index contributed by atoms with van der Waals surface area (Å²) in [6.45, 7) is 2.82. The second-order valence-electron chi connectivity index (χ2n) is 6.51. The quantitative estimate of drug-likeness (QED) is 0.255. The van der Waals surface area contributed by atoms with Crippen LogP contribution in [0.5, 0.6) is 11.5 Å². The first-order valence-electron chi connectivity index (χ1n) is 9.13. The zero-order valence-electron chi connectivity index (χ0n) is 17.0. The Morgan fingerprint density at radius 1 is 1.34 bits per heavy atom. The predicted octanol–water partition coefficient (Wildman–Crippen LogP) is 3.12. The van der Waals surface area contributed by atoms with Crippen LogP contribution in [-0.2, 0) is 16.1 Å². The lowest BCUT2D eigenvalue weighted by molar-refractivity contribution is -0.146. The van der Waals surface area contributed by atoms with Gasteiger partial charge in [0.05, 0.1) is 19.6 Å². The summed E-state index contributed by atoms with van der Waals surface area (Å²) in [5, 5.41) is 3.23. The lowest BCUT2D eigenvalue weighted by atomic mass is 9.99. The molecular weight excluding hydrogens is 499 g/mol. The van der Waals surface area contributed by atoms with Gasteiger partial charge < -0.3 is 24.4 Å². The van der Waals surface area contributed by atoms with Crippen LogP contribution in [0, 0.1) is 11.8 Å². The fraction of sp³-hybridized carbons (Fsp3) is 0.579. The summed E-state index contributed by atoms with van der Waals surface area (Å²) in [7, 11) is 3.06. The minimum Gasteiger partial charge on any atom is -0.490 e. The van der Waals surface area contributed by atoms with Gasteiger partial charge in [0, 0.05) is 26.7 Å². The summed E-state index contributed by atoms with van der Waals surface area (Å²) >= 11 is 0. The minimum atomic E-state index is -2.91. The molecule has 1 aromatic carbocycles. The number of ether oxygens (including phenoxy) is 3. The van der Waals surface area contributed by atoms with E-state index in [4.69, 9.17) is 9.47 Å². The molecule has 1 saturated heterocycles. The Bertz CT molecular complexity index is 706. The summed E-state index contributed by atoms with van der Waals surface area (Å²) in [6.07, 6.45) is 0. The van der Waals surface area contributed by atoms with Crippen molar-refractivity contribution in [3.05, 3.63) is 23.8 Å². The highest BCUT2D eigenvalue weighted by Crippen LogP contribution is 2.30. The van der Waals surface area contributed by atoms with E-state index in [1.54, 1.807) is 26.1 Å². The number of esters is 1. The molecule has 2 rings (SSSR count). The van der Waals surface area contributed by atoms with Crippen LogP contribution in [0.15, 0.2) is 23.2 Å². The molecule has 29 heavy (non-hydrogen) atoms. The summed E-state index contributed by atoms with van der Waals surface area (Å²) in [5.41, 5.74) is 0.822. The van der Waals surface area contributed by atoms with Crippen molar-refractivity contribution in [2.24, 2.45) is 16.8 Å². The second-order valence-corrected chi connectivity index (χ2v) is 6.51. The van der Waals surface area contributed by atoms with Crippen molar-refractivity contribution in [2.45, 2.75) is 27.0 Å². The molecule has 1 aliphatic heterocycles. The number of carbonyl (C=O) groups excluding carboxylic acids is 1. The van der Waals surface area contributed by atoms with E-state index in [1.807, 2.05) is 11.8 Å². The molecule has 2 atom stereocenters. The summed E-state index contributed by atoms with van der Waals surface area (Å²) < 4.78 is 39.8. The van der Waals surface area contributed by atoms with Crippen LogP contribution in [0.1, 0.15) is 19.4 Å². The smallest absolute Gasteiger partial charge is 0.387 e. The van der Waals surface area contributed by atoms with Crippen LogP contribution < -0.4 is 14.8 Å². The minimum absolute atomic E-state index is 0. The van der Waals surface area contributed by atoms with E-state index in [2.05, 4.69) is 15.0 Å². The second kappa shape index (κ2) is 12.0. The molecule has 0 aromatic heterocycles. The van der Waals surface area contributed by atoms with E-state index >= 15 is 0 Å². The van der Waals surface area contributed by atoms with Gasteiger partial charge in [0.1, 0.15) is 0 Å². The Hall–Kier alpha value is -1.85. The fourth-order valence-electron chi connectivity index (χ4n) is 3.24. The monoisotopic (exact) mass is 527 g/mol. The number of hydrogen-bond donors (Lipinski definition) is 1. The number of nitrogens with one attached hydrogen (secondary N) is 1. The van der Waals surface area contributed by atoms with E-state index in [0.29, 0.717) is 32.2 Å². The van der Waals surface area contributed by atoms with Gasteiger partial charge in [0.15, 0.2) is 17.5 Å². The average Bonchev–Trinajstić information content (AvgIpc) is 3.05. The molecule has 0 spiro atoms. The molecular formula is C19H28F2IN3O4. The van der Waals surface area contributed by atoms with E-state index in [-0.39, 0.29) is 53.3 Å². The zero-order chi connectivity index (χ0) is 20.7. The molecule has 1 heterocycles. The van der Waals surface area contributed by atoms with Crippen molar-refractivity contribution in [3.8, 4) is 11.5 Å². The number of likely N-dealkylation sites (tertiary alicyclic amines) is 1. The van der Waals surface area contributed by atoms with Crippen LogP contribution in [0.3, 0.4) is 0 Å². The topological polar surface area (TPSA) is 72.4 Å². The van der Waals surface area contributed by atoms with Gasteiger partial charge >= 0.3 is 12.6 Å². The first-order chi connectivity index (χ1) is 13.4. The Balaban J connectivity index is 0.00000420. The molecule has 0 saturated carbocycles. The number of aliphatic imine (C=N–C) groups is 1. The van der Waals surface area contributed by atoms with E-state index < -0.39 is 6.61 Å². The van der Waals surface area contributed by atoms with Crippen molar-refractivity contribution in [3.63, 3.8) is 0 Å². The van der Waals surface area contributed by atoms with Crippen LogP contribution in [0.2, 0.25) is 0 Å². The van der Waals surface area contributed by atoms with Gasteiger partial charge in [-0.15, -0.1) is 24.0 Å². The number of guanidine groups is 1. The Morgan fingerprint density at radius 3 is 2.66 bits per heavy atom. The summed E-state index contributed by atoms with van der Waals surface area (Å²) in [5.74, 6) is 0.655. The lowest BCUT2D eigenvalue weighted by Gasteiger charge is -2.22. The summed E-state index contributed by atoms with van der Waals surface area (Å²) in [4.78, 5) is 18.2. The highest BCUT2D eigenvalue weighted by Gasteiger charge is 2.36. The van der Waals surface area contributed by atoms with Gasteiger partial charge in [-0.05, 0) is 30.5 Å². The molecule has 0 aliphatic carbocycles. The summed E-state index contributed by atoms with van der Waals surface area (Å²) in [6, 6.07) is 4.80. The molecule has 164 valence electrons. The van der Waals surface area contributed by atoms with Gasteiger partial charge in [-0.2, -0.15) is 8.78 Å². The number of halogens is 3. The van der Waals surface area contributed by atoms with Crippen molar-refractivity contribution in [1.29, 1.82) is 0 Å². The maximum atomic E-state index is 12.5. The average molecular weight is 527 g/mol. The number of hydrogen-bond acceptors (Lipinski definition) is 5. The van der Waals surface area contributed by atoms with Crippen molar-refractivity contribution >= 4 is 35.9 Å². The molecule has 1 aromatic rings. The van der Waals surface area contributed by atoms with Crippen LogP contribution >= 0.6 is 24.0 Å². The Kier molecular flexibility index (Phi) is 10.4. The van der Waals surface area contributed by atoms with Crippen LogP contribution in [-0.4, -0.2) is 57.3 Å². The molecule has 7 nitrogen and oxygen atoms in total. The third-order valence-electron chi connectivity index (χ3n) is 4.60. The normalized spacial score (nSPS) is 19.0. The molecule has 0 radical (unpaired) electrons. The third kappa shape index (κ3) is 6.86. The maximum Gasteiger partial charge on any atom is 0.387 e. The van der Waals surface area contributed by atoms with Gasteiger partial charge in [-0.3, -0.25) is 9.79 Å². The van der Waals surface area contributed by atoms with E-state index in [1.165, 1.54) is 13.2 Å². The number of alkyl halides is 2. The highest BCUT2D eigenvalue weighted by molar-refractivity contribution is 14.0. The number of methoxy groups -OCH3 is 1. The standard InChI is InChI=1S/C19H27F2N3O4.HI/c1-5-27-16-8-13(6-7-15(16)28-18(20)21)9-23-19(22-3)24-10-12(2)14(11-24)17(25)26-4;/h6-8,12,14,18H,5,9-11H2,1-4H3,(H,22,23);1H. The van der Waals surface area contributed by atoms with Crippen molar-refractivity contribution in [2.75, 3.05) is 33.9 Å². The van der Waals surface area contributed by atoms with Gasteiger partial charge in [0.2, 0.25) is 0 Å². The first-order valence-corrected chi connectivity index (χ1v) is 9.13. The molecule has 2 unspecified atom stereocenters. The largest absolute Gasteiger partial charge is 0.490 e. The number of nitrogens with zero attached hydrogens (tertiary/aromatic N) is 2. The van der Waals surface area contributed by atoms with Gasteiger partial charge in [-0.1, -0.05) is 13.0 Å². The van der Waals surface area contributed by atoms with E-state index in [0.717, 1.165) is 5.56 Å². The van der Waals surface area contributed by atoms with Gasteiger partial charge in [-0.25, -0.2) is 0 Å². The Morgan fingerprint density at radius 2 is 2.07 bits per heavy atom. The molecule has 0 bridgehead atoms. The van der Waals surface area contributed by atoms with Crippen molar-refractivity contribution in [1.82, 2.24) is 10.2 Å². The van der Waals surface area contributed by atoms with Crippen molar-refractivity contribution < 1.29 is 27.8 Å². The zero-order valence-corrected chi connectivity index (χ0v) is 19.3. The van der Waals surface area contributed by atoms with Crippen LogP contribution in [0.4, 0.5) is 8.78 Å². The fourth-order valence-corrected chi connectivity index (χ4v) is 3.24. The molecule has 10 heteroatoms. The lowest BCUT2D eigenvalue weighted by Crippen LogP contribution is -2.40. The SMILES string of the molecule is CCOc1cc(CNC(=NC)N2CC(C)C(C(=O)OC)C2)ccc1OC(F)F.I. The number of benzene rings is 1. The molecule has 1 fully saturated rings. The van der Waals surface area contributed by atoms with Gasteiger partial charge in [0.25, 0.3) is 0 Å². The predicted molar refractivity (Wildman–Crippen MR) is 116 cm³/mol. The molecule has 0 amide bonds.